The zero-order valence-electron chi connectivity index (χ0n) is 14.3. The summed E-state index contributed by atoms with van der Waals surface area (Å²) in [5.41, 5.74) is 2.92. The summed E-state index contributed by atoms with van der Waals surface area (Å²) in [6, 6.07) is 9.75. The predicted octanol–water partition coefficient (Wildman–Crippen LogP) is 3.83. The molecule has 8 heteroatoms. The van der Waals surface area contributed by atoms with Gasteiger partial charge in [0.2, 0.25) is 0 Å². The van der Waals surface area contributed by atoms with E-state index < -0.39 is 0 Å². The molecule has 6 nitrogen and oxygen atoms in total. The van der Waals surface area contributed by atoms with Gasteiger partial charge in [-0.3, -0.25) is 10.1 Å². The van der Waals surface area contributed by atoms with Crippen LogP contribution in [0, 0.1) is 0 Å². The average Bonchev–Trinajstić information content (AvgIpc) is 3.34. The van der Waals surface area contributed by atoms with Crippen LogP contribution in [0.3, 0.4) is 0 Å². The van der Waals surface area contributed by atoms with E-state index in [4.69, 9.17) is 0 Å². The van der Waals surface area contributed by atoms with Gasteiger partial charge in [-0.05, 0) is 37.7 Å². The van der Waals surface area contributed by atoms with Crippen LogP contribution in [0.15, 0.2) is 47.3 Å². The summed E-state index contributed by atoms with van der Waals surface area (Å²) < 4.78 is 1.95. The van der Waals surface area contributed by atoms with E-state index in [2.05, 4.69) is 15.3 Å². The van der Waals surface area contributed by atoms with Gasteiger partial charge in [0.05, 0.1) is 16.3 Å². The molecule has 0 aromatic carbocycles. The van der Waals surface area contributed by atoms with Gasteiger partial charge < -0.3 is 9.30 Å². The smallest absolute Gasteiger partial charge is 0.278 e. The van der Waals surface area contributed by atoms with Crippen molar-refractivity contribution in [1.82, 2.24) is 19.3 Å². The van der Waals surface area contributed by atoms with Crippen LogP contribution in [0.4, 0.5) is 5.13 Å². The number of imidazole rings is 1. The third kappa shape index (κ3) is 3.26. The maximum Gasteiger partial charge on any atom is 0.278 e. The highest BCUT2D eigenvalue weighted by atomic mass is 32.1. The van der Waals surface area contributed by atoms with E-state index in [-0.39, 0.29) is 5.91 Å². The highest BCUT2D eigenvalue weighted by Gasteiger charge is 2.20. The SMILES string of the molecule is CN(C)Cc1c(C(=O)Nc2nc(-c3cccs3)cs2)nc2ccccn12. The number of carbonyl (C=O) groups excluding carboxylic acids is 1. The molecule has 4 rings (SSSR count). The highest BCUT2D eigenvalue weighted by molar-refractivity contribution is 7.16. The van der Waals surface area contributed by atoms with E-state index in [9.17, 15) is 4.79 Å². The normalized spacial score (nSPS) is 11.3. The molecule has 1 N–H and O–H groups in total. The predicted molar refractivity (Wildman–Crippen MR) is 106 cm³/mol. The molecule has 0 spiro atoms. The Kier molecular flexibility index (Phi) is 4.54. The largest absolute Gasteiger partial charge is 0.304 e. The standard InChI is InChI=1S/C18H17N5OS2/c1-22(2)10-13-16(20-15-7-3-4-8-23(13)15)17(24)21-18-19-12(11-26-18)14-6-5-9-25-14/h3-9,11H,10H2,1-2H3,(H,19,21,24). The molecule has 0 aliphatic rings. The van der Waals surface area contributed by atoms with Gasteiger partial charge in [0, 0.05) is 18.1 Å². The van der Waals surface area contributed by atoms with Crippen LogP contribution < -0.4 is 5.32 Å². The number of rotatable bonds is 5. The number of thiophene rings is 1. The fraction of sp³-hybridized carbons (Fsp3) is 0.167. The van der Waals surface area contributed by atoms with Crippen LogP contribution in [0.2, 0.25) is 0 Å². The summed E-state index contributed by atoms with van der Waals surface area (Å²) in [6.45, 7) is 0.617. The first kappa shape index (κ1) is 16.9. The van der Waals surface area contributed by atoms with Gasteiger partial charge in [-0.1, -0.05) is 12.1 Å². The van der Waals surface area contributed by atoms with Crippen LogP contribution in [0.25, 0.3) is 16.2 Å². The van der Waals surface area contributed by atoms with Crippen molar-refractivity contribution in [2.75, 3.05) is 19.4 Å². The number of nitrogens with zero attached hydrogens (tertiary/aromatic N) is 4. The minimum absolute atomic E-state index is 0.238. The third-order valence-electron chi connectivity index (χ3n) is 3.81. The number of amides is 1. The number of aromatic nitrogens is 3. The molecule has 0 atom stereocenters. The van der Waals surface area contributed by atoms with Crippen LogP contribution >= 0.6 is 22.7 Å². The monoisotopic (exact) mass is 383 g/mol. The van der Waals surface area contributed by atoms with Gasteiger partial charge in [-0.15, -0.1) is 22.7 Å². The number of nitrogens with one attached hydrogen (secondary N) is 1. The molecular weight excluding hydrogens is 366 g/mol. The van der Waals surface area contributed by atoms with Gasteiger partial charge >= 0.3 is 0 Å². The summed E-state index contributed by atoms with van der Waals surface area (Å²) in [4.78, 5) is 25.0. The first-order valence-electron chi connectivity index (χ1n) is 8.03. The number of fused-ring (bicyclic) bond motifs is 1. The van der Waals surface area contributed by atoms with Crippen LogP contribution in [0.5, 0.6) is 0 Å². The Bertz CT molecular complexity index is 1050. The summed E-state index contributed by atoms with van der Waals surface area (Å²) in [6.07, 6.45) is 1.93. The van der Waals surface area contributed by atoms with E-state index in [0.717, 1.165) is 21.9 Å². The Labute approximate surface area is 158 Å². The zero-order valence-corrected chi connectivity index (χ0v) is 16.0. The molecule has 0 bridgehead atoms. The maximum absolute atomic E-state index is 12.8. The average molecular weight is 384 g/mol. The Morgan fingerprint density at radius 2 is 2.08 bits per heavy atom. The van der Waals surface area contributed by atoms with E-state index >= 15 is 0 Å². The second-order valence-corrected chi connectivity index (χ2v) is 7.85. The molecule has 0 aliphatic heterocycles. The third-order valence-corrected chi connectivity index (χ3v) is 5.46. The fourth-order valence-electron chi connectivity index (χ4n) is 2.70. The molecule has 0 radical (unpaired) electrons. The lowest BCUT2D eigenvalue weighted by Gasteiger charge is -2.10. The lowest BCUT2D eigenvalue weighted by molar-refractivity contribution is 0.102. The quantitative estimate of drug-likeness (QED) is 0.569. The zero-order chi connectivity index (χ0) is 18.1. The summed E-state index contributed by atoms with van der Waals surface area (Å²) in [7, 11) is 3.94. The maximum atomic E-state index is 12.8. The molecule has 4 aromatic rings. The highest BCUT2D eigenvalue weighted by Crippen LogP contribution is 2.28. The minimum Gasteiger partial charge on any atom is -0.304 e. The van der Waals surface area contributed by atoms with E-state index in [0.29, 0.717) is 17.4 Å². The van der Waals surface area contributed by atoms with Crippen molar-refractivity contribution in [3.05, 3.63) is 58.7 Å². The van der Waals surface area contributed by atoms with Crippen LogP contribution in [-0.4, -0.2) is 39.3 Å². The Morgan fingerprint density at radius 3 is 2.85 bits per heavy atom. The van der Waals surface area contributed by atoms with E-state index in [1.165, 1.54) is 11.3 Å². The number of carbonyl (C=O) groups is 1. The van der Waals surface area contributed by atoms with E-state index in [1.54, 1.807) is 11.3 Å². The van der Waals surface area contributed by atoms with Crippen molar-refractivity contribution in [1.29, 1.82) is 0 Å². The van der Waals surface area contributed by atoms with Crippen LogP contribution in [0.1, 0.15) is 16.2 Å². The van der Waals surface area contributed by atoms with Gasteiger partial charge in [0.25, 0.3) is 5.91 Å². The van der Waals surface area contributed by atoms with Crippen molar-refractivity contribution >= 4 is 39.4 Å². The molecule has 26 heavy (non-hydrogen) atoms. The number of pyridine rings is 1. The number of hydrogen-bond acceptors (Lipinski definition) is 6. The Hall–Kier alpha value is -2.55. The summed E-state index contributed by atoms with van der Waals surface area (Å²) in [5.74, 6) is -0.238. The van der Waals surface area contributed by atoms with Crippen LogP contribution in [-0.2, 0) is 6.54 Å². The van der Waals surface area contributed by atoms with Crippen molar-refractivity contribution in [3.8, 4) is 10.6 Å². The van der Waals surface area contributed by atoms with E-state index in [1.807, 2.05) is 70.7 Å². The second kappa shape index (κ2) is 6.99. The number of anilines is 1. The number of hydrogen-bond donors (Lipinski definition) is 1. The Morgan fingerprint density at radius 1 is 1.19 bits per heavy atom. The van der Waals surface area contributed by atoms with Crippen molar-refractivity contribution in [2.24, 2.45) is 0 Å². The molecule has 4 heterocycles. The first-order chi connectivity index (χ1) is 12.6. The topological polar surface area (TPSA) is 62.5 Å². The summed E-state index contributed by atoms with van der Waals surface area (Å²) >= 11 is 3.04. The molecule has 0 aliphatic carbocycles. The molecule has 0 saturated carbocycles. The summed E-state index contributed by atoms with van der Waals surface area (Å²) in [5, 5.41) is 7.43. The van der Waals surface area contributed by atoms with Gasteiger partial charge in [-0.25, -0.2) is 9.97 Å². The molecule has 132 valence electrons. The lowest BCUT2D eigenvalue weighted by atomic mass is 10.3. The Balaban J connectivity index is 1.64. The van der Waals surface area contributed by atoms with Gasteiger partial charge in [-0.2, -0.15) is 0 Å². The molecule has 4 aromatic heterocycles. The van der Waals surface area contributed by atoms with Gasteiger partial charge in [0.15, 0.2) is 10.8 Å². The van der Waals surface area contributed by atoms with Gasteiger partial charge in [0.1, 0.15) is 5.65 Å². The molecule has 0 fully saturated rings. The lowest BCUT2D eigenvalue weighted by Crippen LogP contribution is -2.19. The van der Waals surface area contributed by atoms with Crippen molar-refractivity contribution < 1.29 is 4.79 Å². The number of thiazole rings is 1. The first-order valence-corrected chi connectivity index (χ1v) is 9.79. The molecule has 0 saturated heterocycles. The molecule has 0 unspecified atom stereocenters. The molecule has 1 amide bonds. The van der Waals surface area contributed by atoms with Crippen molar-refractivity contribution in [2.45, 2.75) is 6.54 Å². The fourth-order valence-corrected chi connectivity index (χ4v) is 4.17. The van der Waals surface area contributed by atoms with Crippen molar-refractivity contribution in [3.63, 3.8) is 0 Å². The molecular formula is C18H17N5OS2. The second-order valence-electron chi connectivity index (χ2n) is 6.04. The minimum atomic E-state index is -0.238.